The van der Waals surface area contributed by atoms with Crippen LogP contribution in [-0.4, -0.2) is 65.8 Å². The van der Waals surface area contributed by atoms with Crippen LogP contribution < -0.4 is 4.90 Å². The van der Waals surface area contributed by atoms with Gasteiger partial charge < -0.3 is 19.3 Å². The molecule has 4 aliphatic rings. The number of carbonyl (C=O) groups excluding carboxylic acids is 1. The van der Waals surface area contributed by atoms with Crippen LogP contribution in [0.5, 0.6) is 0 Å². The molecule has 3 atom stereocenters. The van der Waals surface area contributed by atoms with Crippen molar-refractivity contribution in [3.05, 3.63) is 17.5 Å². The van der Waals surface area contributed by atoms with Crippen molar-refractivity contribution in [2.45, 2.75) is 77.1 Å². The van der Waals surface area contributed by atoms with Crippen molar-refractivity contribution >= 4 is 11.9 Å². The smallest absolute Gasteiger partial charge is 0.228 e. The summed E-state index contributed by atoms with van der Waals surface area (Å²) in [6.45, 7) is 10.7. The highest BCUT2D eigenvalue weighted by atomic mass is 16.5. The molecule has 4 heterocycles. The number of ether oxygens (including phenoxy) is 2. The van der Waals surface area contributed by atoms with E-state index >= 15 is 0 Å². The van der Waals surface area contributed by atoms with Crippen LogP contribution in [0.3, 0.4) is 0 Å². The third-order valence-electron chi connectivity index (χ3n) is 7.77. The van der Waals surface area contributed by atoms with Gasteiger partial charge in [-0.25, -0.2) is 9.97 Å². The van der Waals surface area contributed by atoms with E-state index < -0.39 is 0 Å². The molecule has 3 fully saturated rings. The average Bonchev–Trinajstić information content (AvgIpc) is 3.11. The number of nitrogens with zero attached hydrogens (tertiary/aromatic N) is 4. The van der Waals surface area contributed by atoms with E-state index in [1.807, 2.05) is 6.20 Å². The first-order chi connectivity index (χ1) is 14.4. The average molecular weight is 415 g/mol. The molecule has 1 aromatic heterocycles. The monoisotopic (exact) mass is 414 g/mol. The van der Waals surface area contributed by atoms with Crippen molar-refractivity contribution < 1.29 is 14.3 Å². The fourth-order valence-electron chi connectivity index (χ4n) is 5.90. The van der Waals surface area contributed by atoms with Gasteiger partial charge in [-0.2, -0.15) is 0 Å². The molecule has 0 unspecified atom stereocenters. The Morgan fingerprint density at radius 3 is 2.67 bits per heavy atom. The van der Waals surface area contributed by atoms with E-state index in [1.165, 1.54) is 6.42 Å². The molecule has 2 saturated heterocycles. The summed E-state index contributed by atoms with van der Waals surface area (Å²) in [5, 5.41) is 0. The van der Waals surface area contributed by atoms with E-state index in [1.54, 1.807) is 0 Å². The zero-order valence-electron chi connectivity index (χ0n) is 18.5. The fraction of sp³-hybridized carbons (Fsp3) is 0.783. The lowest BCUT2D eigenvalue weighted by Crippen LogP contribution is -2.49. The maximum absolute atomic E-state index is 13.3. The zero-order chi connectivity index (χ0) is 20.9. The SMILES string of the molecule is CCC1(C(=O)N2CC[C@@]3(COCc4cnc(N5C[C@@H](C)O[C@@H](C)C5)nc43)C2)CCC1. The number of carbonyl (C=O) groups is 1. The zero-order valence-corrected chi connectivity index (χ0v) is 18.5. The number of hydrogen-bond donors (Lipinski definition) is 0. The second kappa shape index (κ2) is 7.45. The summed E-state index contributed by atoms with van der Waals surface area (Å²) in [5.41, 5.74) is 1.85. The normalized spacial score (nSPS) is 32.8. The Labute approximate surface area is 179 Å². The molecule has 3 aliphatic heterocycles. The molecule has 164 valence electrons. The number of anilines is 1. The van der Waals surface area contributed by atoms with Crippen molar-refractivity contribution in [2.24, 2.45) is 5.41 Å². The standard InChI is InChI=1S/C23H34N4O3/c1-4-22(6-5-7-22)20(28)26-9-8-23(14-26)15-29-13-18-10-24-21(25-19(18)23)27-11-16(2)30-17(3)12-27/h10,16-17H,4-9,11-15H2,1-3H3/t16-,17+,23-/m0/s1. The minimum absolute atomic E-state index is 0.110. The predicted octanol–water partition coefficient (Wildman–Crippen LogP) is 2.67. The number of hydrogen-bond acceptors (Lipinski definition) is 6. The third-order valence-corrected chi connectivity index (χ3v) is 7.77. The number of likely N-dealkylation sites (tertiary alicyclic amines) is 1. The highest BCUT2D eigenvalue weighted by Gasteiger charge is 2.51. The first-order valence-electron chi connectivity index (χ1n) is 11.6. The van der Waals surface area contributed by atoms with Gasteiger partial charge in [-0.05, 0) is 39.5 Å². The van der Waals surface area contributed by atoms with Crippen molar-refractivity contribution in [3.8, 4) is 0 Å². The van der Waals surface area contributed by atoms with Crippen LogP contribution >= 0.6 is 0 Å². The molecule has 0 N–H and O–H groups in total. The molecule has 5 rings (SSSR count). The van der Waals surface area contributed by atoms with E-state index in [0.717, 1.165) is 62.5 Å². The number of rotatable bonds is 3. The van der Waals surface area contributed by atoms with Gasteiger partial charge in [0.2, 0.25) is 11.9 Å². The van der Waals surface area contributed by atoms with Crippen LogP contribution in [0.1, 0.15) is 64.1 Å². The van der Waals surface area contributed by atoms with E-state index in [0.29, 0.717) is 25.7 Å². The van der Waals surface area contributed by atoms with Gasteiger partial charge in [0, 0.05) is 43.4 Å². The predicted molar refractivity (Wildman–Crippen MR) is 113 cm³/mol. The number of amides is 1. The van der Waals surface area contributed by atoms with Gasteiger partial charge in [0.15, 0.2) is 0 Å². The van der Waals surface area contributed by atoms with Crippen LogP contribution in [0.15, 0.2) is 6.20 Å². The Bertz CT molecular complexity index is 811. The minimum Gasteiger partial charge on any atom is -0.376 e. The van der Waals surface area contributed by atoms with Crippen LogP contribution in [0.25, 0.3) is 0 Å². The lowest BCUT2D eigenvalue weighted by Gasteiger charge is -2.43. The molecule has 7 nitrogen and oxygen atoms in total. The molecule has 0 radical (unpaired) electrons. The molecule has 1 aromatic rings. The summed E-state index contributed by atoms with van der Waals surface area (Å²) in [6, 6.07) is 0. The fourth-order valence-corrected chi connectivity index (χ4v) is 5.90. The van der Waals surface area contributed by atoms with Gasteiger partial charge >= 0.3 is 0 Å². The van der Waals surface area contributed by atoms with Gasteiger partial charge in [-0.1, -0.05) is 13.3 Å². The highest BCUT2D eigenvalue weighted by Crippen LogP contribution is 2.48. The number of morpholine rings is 1. The molecule has 7 heteroatoms. The Morgan fingerprint density at radius 2 is 2.00 bits per heavy atom. The summed E-state index contributed by atoms with van der Waals surface area (Å²) >= 11 is 0. The highest BCUT2D eigenvalue weighted by molar-refractivity contribution is 5.84. The van der Waals surface area contributed by atoms with Crippen LogP contribution in [0.2, 0.25) is 0 Å². The topological polar surface area (TPSA) is 67.8 Å². The van der Waals surface area contributed by atoms with E-state index in [4.69, 9.17) is 14.5 Å². The minimum atomic E-state index is -0.205. The Balaban J connectivity index is 1.41. The van der Waals surface area contributed by atoms with Crippen molar-refractivity contribution in [1.82, 2.24) is 14.9 Å². The van der Waals surface area contributed by atoms with Crippen LogP contribution in [0.4, 0.5) is 5.95 Å². The van der Waals surface area contributed by atoms with E-state index in [9.17, 15) is 4.79 Å². The molecule has 30 heavy (non-hydrogen) atoms. The molecule has 1 saturated carbocycles. The lowest BCUT2D eigenvalue weighted by molar-refractivity contribution is -0.147. The summed E-state index contributed by atoms with van der Waals surface area (Å²) in [6.07, 6.45) is 7.39. The van der Waals surface area contributed by atoms with Crippen molar-refractivity contribution in [2.75, 3.05) is 37.7 Å². The largest absolute Gasteiger partial charge is 0.376 e. The Kier molecular flexibility index (Phi) is 5.01. The van der Waals surface area contributed by atoms with E-state index in [-0.39, 0.29) is 23.0 Å². The number of fused-ring (bicyclic) bond motifs is 2. The molecular weight excluding hydrogens is 380 g/mol. The summed E-state index contributed by atoms with van der Waals surface area (Å²) in [4.78, 5) is 27.4. The first-order valence-corrected chi connectivity index (χ1v) is 11.6. The quantitative estimate of drug-likeness (QED) is 0.758. The Morgan fingerprint density at radius 1 is 1.23 bits per heavy atom. The molecule has 0 aromatic carbocycles. The summed E-state index contributed by atoms with van der Waals surface area (Å²) < 4.78 is 11.9. The van der Waals surface area contributed by atoms with Crippen molar-refractivity contribution in [3.63, 3.8) is 0 Å². The molecular formula is C23H34N4O3. The van der Waals surface area contributed by atoms with Crippen LogP contribution in [0, 0.1) is 5.41 Å². The first kappa shape index (κ1) is 20.2. The number of aromatic nitrogens is 2. The van der Waals surface area contributed by atoms with E-state index in [2.05, 4.69) is 35.6 Å². The molecule has 1 spiro atoms. The van der Waals surface area contributed by atoms with Gasteiger partial charge in [0.25, 0.3) is 0 Å². The van der Waals surface area contributed by atoms with Crippen LogP contribution in [-0.2, 0) is 26.3 Å². The van der Waals surface area contributed by atoms with Gasteiger partial charge in [0.1, 0.15) is 0 Å². The maximum Gasteiger partial charge on any atom is 0.228 e. The van der Waals surface area contributed by atoms with Gasteiger partial charge in [-0.15, -0.1) is 0 Å². The second-order valence-electron chi connectivity index (χ2n) is 9.94. The molecule has 1 amide bonds. The van der Waals surface area contributed by atoms with Gasteiger partial charge in [0.05, 0.1) is 36.5 Å². The second-order valence-corrected chi connectivity index (χ2v) is 9.94. The van der Waals surface area contributed by atoms with Crippen molar-refractivity contribution in [1.29, 1.82) is 0 Å². The Hall–Kier alpha value is -1.73. The maximum atomic E-state index is 13.3. The summed E-state index contributed by atoms with van der Waals surface area (Å²) in [7, 11) is 0. The molecule has 0 bridgehead atoms. The molecule has 1 aliphatic carbocycles. The summed E-state index contributed by atoms with van der Waals surface area (Å²) in [5.74, 6) is 1.14. The van der Waals surface area contributed by atoms with Gasteiger partial charge in [-0.3, -0.25) is 4.79 Å². The lowest BCUT2D eigenvalue weighted by atomic mass is 9.66. The third kappa shape index (κ3) is 3.21.